The van der Waals surface area contributed by atoms with Gasteiger partial charge in [-0.05, 0) is 31.9 Å². The molecule has 1 heterocycles. The highest BCUT2D eigenvalue weighted by molar-refractivity contribution is 5.43. The maximum Gasteiger partial charge on any atom is 0.273 e. The molecule has 1 fully saturated rings. The molecule has 1 aromatic rings. The van der Waals surface area contributed by atoms with E-state index >= 15 is 0 Å². The largest absolute Gasteiger partial charge is 0.375 e. The highest BCUT2D eigenvalue weighted by Crippen LogP contribution is 2.30. The van der Waals surface area contributed by atoms with Crippen molar-refractivity contribution in [1.82, 2.24) is 4.57 Å². The minimum absolute atomic E-state index is 0.0642. The minimum Gasteiger partial charge on any atom is -0.375 e. The highest BCUT2D eigenvalue weighted by Gasteiger charge is 2.26. The van der Waals surface area contributed by atoms with Gasteiger partial charge in [0, 0.05) is 18.8 Å². The predicted octanol–water partition coefficient (Wildman–Crippen LogP) is 2.52. The van der Waals surface area contributed by atoms with E-state index < -0.39 is 0 Å². The van der Waals surface area contributed by atoms with Crippen LogP contribution < -0.4 is 10.9 Å². The Balaban J connectivity index is 2.20. The van der Waals surface area contributed by atoms with Crippen LogP contribution in [0.2, 0.25) is 0 Å². The van der Waals surface area contributed by atoms with Gasteiger partial charge in [0.05, 0.1) is 0 Å². The number of hydrogen-bond donors (Lipinski definition) is 1. The number of hydrogen-bond acceptors (Lipinski definition) is 2. The number of pyridine rings is 1. The van der Waals surface area contributed by atoms with Crippen LogP contribution in [0, 0.1) is 0 Å². The van der Waals surface area contributed by atoms with Crippen molar-refractivity contribution in [1.29, 1.82) is 0 Å². The van der Waals surface area contributed by atoms with Crippen LogP contribution >= 0.6 is 0 Å². The number of nitrogens with zero attached hydrogens (tertiary/aromatic N) is 1. The molecule has 0 bridgehead atoms. The van der Waals surface area contributed by atoms with Crippen molar-refractivity contribution in [2.24, 2.45) is 7.05 Å². The van der Waals surface area contributed by atoms with Gasteiger partial charge in [0.15, 0.2) is 0 Å². The molecule has 0 spiro atoms. The maximum absolute atomic E-state index is 11.9. The van der Waals surface area contributed by atoms with Crippen LogP contribution in [-0.4, -0.2) is 10.1 Å². The third-order valence-corrected chi connectivity index (χ3v) is 3.52. The first-order chi connectivity index (χ1) is 7.61. The fourth-order valence-corrected chi connectivity index (χ4v) is 2.47. The summed E-state index contributed by atoms with van der Waals surface area (Å²) in [5.41, 5.74) is 0.898. The van der Waals surface area contributed by atoms with Crippen molar-refractivity contribution >= 4 is 5.69 Å². The Hall–Kier alpha value is -1.25. The molecule has 2 rings (SSSR count). The molecule has 1 aliphatic rings. The topological polar surface area (TPSA) is 34.0 Å². The van der Waals surface area contributed by atoms with E-state index in [1.807, 2.05) is 12.1 Å². The molecule has 1 saturated carbocycles. The molecule has 0 amide bonds. The van der Waals surface area contributed by atoms with Gasteiger partial charge >= 0.3 is 0 Å². The molecule has 0 aliphatic heterocycles. The van der Waals surface area contributed by atoms with Crippen LogP contribution in [0.1, 0.15) is 39.0 Å². The Bertz CT molecular complexity index is 416. The summed E-state index contributed by atoms with van der Waals surface area (Å²) in [6.45, 7) is 2.22. The summed E-state index contributed by atoms with van der Waals surface area (Å²) in [7, 11) is 1.79. The number of nitrogens with one attached hydrogen (secondary N) is 1. The first kappa shape index (κ1) is 11.2. The van der Waals surface area contributed by atoms with Crippen LogP contribution in [0.25, 0.3) is 0 Å². The van der Waals surface area contributed by atoms with Gasteiger partial charge in [-0.25, -0.2) is 0 Å². The van der Waals surface area contributed by atoms with Gasteiger partial charge in [0.2, 0.25) is 0 Å². The predicted molar refractivity (Wildman–Crippen MR) is 66.8 cm³/mol. The van der Waals surface area contributed by atoms with Gasteiger partial charge in [-0.3, -0.25) is 4.79 Å². The first-order valence-corrected chi connectivity index (χ1v) is 6.05. The average molecular weight is 220 g/mol. The third kappa shape index (κ3) is 2.29. The van der Waals surface area contributed by atoms with E-state index in [-0.39, 0.29) is 11.1 Å². The highest BCUT2D eigenvalue weighted by atomic mass is 16.1. The van der Waals surface area contributed by atoms with Gasteiger partial charge in [-0.1, -0.05) is 19.3 Å². The zero-order chi connectivity index (χ0) is 11.6. The van der Waals surface area contributed by atoms with Gasteiger partial charge in [0.1, 0.15) is 5.69 Å². The van der Waals surface area contributed by atoms with Crippen molar-refractivity contribution in [2.75, 3.05) is 5.32 Å². The molecule has 1 N–H and O–H groups in total. The normalized spacial score (nSPS) is 19.4. The lowest BCUT2D eigenvalue weighted by Crippen LogP contribution is -2.39. The number of aryl methyl sites for hydroxylation is 1. The van der Waals surface area contributed by atoms with Crippen LogP contribution in [0.4, 0.5) is 5.69 Å². The van der Waals surface area contributed by atoms with E-state index in [4.69, 9.17) is 0 Å². The van der Waals surface area contributed by atoms with Crippen LogP contribution in [0.15, 0.2) is 23.1 Å². The first-order valence-electron chi connectivity index (χ1n) is 6.05. The second kappa shape index (κ2) is 4.32. The van der Waals surface area contributed by atoms with Crippen LogP contribution in [0.3, 0.4) is 0 Å². The van der Waals surface area contributed by atoms with Gasteiger partial charge in [0.25, 0.3) is 5.56 Å². The van der Waals surface area contributed by atoms with Crippen molar-refractivity contribution in [3.63, 3.8) is 0 Å². The molecule has 88 valence electrons. The molecule has 3 heteroatoms. The van der Waals surface area contributed by atoms with Gasteiger partial charge < -0.3 is 9.88 Å². The fraction of sp³-hybridized carbons (Fsp3) is 0.615. The van der Waals surface area contributed by atoms with E-state index in [9.17, 15) is 4.79 Å². The summed E-state index contributed by atoms with van der Waals surface area (Å²) in [5.74, 6) is 0. The lowest BCUT2D eigenvalue weighted by molar-refractivity contribution is 0.349. The van der Waals surface area contributed by atoms with Crippen molar-refractivity contribution in [2.45, 2.75) is 44.6 Å². The Kier molecular flexibility index (Phi) is 3.03. The van der Waals surface area contributed by atoms with Gasteiger partial charge in [-0.15, -0.1) is 0 Å². The Morgan fingerprint density at radius 1 is 1.31 bits per heavy atom. The molecule has 3 nitrogen and oxygen atoms in total. The summed E-state index contributed by atoms with van der Waals surface area (Å²) in [5, 5.41) is 3.43. The molecular formula is C13H20N2O. The maximum atomic E-state index is 11.9. The average Bonchev–Trinajstić information content (AvgIpc) is 2.26. The summed E-state index contributed by atoms with van der Waals surface area (Å²) in [6.07, 6.45) is 7.95. The van der Waals surface area contributed by atoms with Crippen molar-refractivity contribution in [3.05, 3.63) is 28.7 Å². The molecule has 16 heavy (non-hydrogen) atoms. The van der Waals surface area contributed by atoms with Crippen LogP contribution in [-0.2, 0) is 7.05 Å². The van der Waals surface area contributed by atoms with E-state index in [0.717, 1.165) is 18.5 Å². The summed E-state index contributed by atoms with van der Waals surface area (Å²) in [6, 6.07) is 3.79. The summed E-state index contributed by atoms with van der Waals surface area (Å²) in [4.78, 5) is 11.9. The zero-order valence-corrected chi connectivity index (χ0v) is 10.1. The molecule has 0 aromatic carbocycles. The molecule has 1 aliphatic carbocycles. The monoisotopic (exact) mass is 220 g/mol. The van der Waals surface area contributed by atoms with Gasteiger partial charge in [-0.2, -0.15) is 0 Å². The van der Waals surface area contributed by atoms with E-state index in [0.29, 0.717) is 0 Å². The standard InChI is InChI=1S/C13H20N2O/c1-13(8-4-3-5-9-13)14-11-7-6-10-15(2)12(11)16/h6-7,10,14H,3-5,8-9H2,1-2H3. The fourth-order valence-electron chi connectivity index (χ4n) is 2.47. The zero-order valence-electron chi connectivity index (χ0n) is 10.1. The number of anilines is 1. The third-order valence-electron chi connectivity index (χ3n) is 3.52. The quantitative estimate of drug-likeness (QED) is 0.831. The van der Waals surface area contributed by atoms with Crippen molar-refractivity contribution < 1.29 is 0 Å². The Morgan fingerprint density at radius 2 is 2.00 bits per heavy atom. The van der Waals surface area contributed by atoms with Crippen LogP contribution in [0.5, 0.6) is 0 Å². The summed E-state index contributed by atoms with van der Waals surface area (Å²) < 4.78 is 1.62. The van der Waals surface area contributed by atoms with E-state index in [1.54, 1.807) is 17.8 Å². The van der Waals surface area contributed by atoms with Crippen molar-refractivity contribution in [3.8, 4) is 0 Å². The number of rotatable bonds is 2. The molecule has 0 unspecified atom stereocenters. The molecule has 0 radical (unpaired) electrons. The Morgan fingerprint density at radius 3 is 2.69 bits per heavy atom. The molecule has 0 saturated heterocycles. The SMILES string of the molecule is Cn1cccc(NC2(C)CCCCC2)c1=O. The minimum atomic E-state index is 0.0642. The molecule has 1 aromatic heterocycles. The van der Waals surface area contributed by atoms with E-state index in [2.05, 4.69) is 12.2 Å². The smallest absolute Gasteiger partial charge is 0.273 e. The molecular weight excluding hydrogens is 200 g/mol. The Labute approximate surface area is 96.5 Å². The molecule has 0 atom stereocenters. The second-order valence-corrected chi connectivity index (χ2v) is 5.08. The second-order valence-electron chi connectivity index (χ2n) is 5.08. The van der Waals surface area contributed by atoms with E-state index in [1.165, 1.54) is 19.3 Å². The lowest BCUT2D eigenvalue weighted by Gasteiger charge is -2.35. The summed E-state index contributed by atoms with van der Waals surface area (Å²) >= 11 is 0. The lowest BCUT2D eigenvalue weighted by atomic mass is 9.83. The number of aromatic nitrogens is 1.